The van der Waals surface area contributed by atoms with Gasteiger partial charge in [-0.25, -0.2) is 0 Å². The molecule has 0 spiro atoms. The van der Waals surface area contributed by atoms with E-state index in [0.29, 0.717) is 10.9 Å². The molecule has 1 unspecified atom stereocenters. The molecule has 0 fully saturated rings. The summed E-state index contributed by atoms with van der Waals surface area (Å²) in [6, 6.07) is 0. The highest BCUT2D eigenvalue weighted by molar-refractivity contribution is 8.01. The summed E-state index contributed by atoms with van der Waals surface area (Å²) in [4.78, 5) is 0. The highest BCUT2D eigenvalue weighted by atomic mass is 32.2. The molecule has 0 saturated heterocycles. The van der Waals surface area contributed by atoms with Gasteiger partial charge in [-0.2, -0.15) is 0 Å². The maximum Gasteiger partial charge on any atom is 0.203 e. The first-order valence-electron chi connectivity index (χ1n) is 4.36. The molecule has 0 amide bonds. The molecule has 1 aromatic heterocycles. The Bertz CT molecular complexity index is 299. The largest absolute Gasteiger partial charge is 0.389 e. The second-order valence-electron chi connectivity index (χ2n) is 3.71. The molecule has 0 bridgehead atoms. The molecule has 1 rings (SSSR count). The number of nitrogens with zero attached hydrogens (tertiary/aromatic N) is 2. The van der Waals surface area contributed by atoms with Crippen LogP contribution in [0.15, 0.2) is 4.34 Å². The van der Waals surface area contributed by atoms with Crippen LogP contribution >= 0.6 is 23.1 Å². The van der Waals surface area contributed by atoms with Crippen molar-refractivity contribution in [3.63, 3.8) is 0 Å². The van der Waals surface area contributed by atoms with Gasteiger partial charge in [0.05, 0.1) is 5.60 Å². The summed E-state index contributed by atoms with van der Waals surface area (Å²) in [7, 11) is 0. The fourth-order valence-corrected chi connectivity index (χ4v) is 2.51. The summed E-state index contributed by atoms with van der Waals surface area (Å²) in [6.45, 7) is 5.82. The third kappa shape index (κ3) is 3.11. The standard InChI is InChI=1S/C8H15N3OS2/c1-5(2)8(3,12)4-13-7-11-10-6(9)14-7/h5,12H,4H2,1-3H3,(H2,9,10). The molecule has 0 aliphatic rings. The fraction of sp³-hybridized carbons (Fsp3) is 0.750. The molecule has 4 nitrogen and oxygen atoms in total. The molecule has 6 heteroatoms. The van der Waals surface area contributed by atoms with Crippen LogP contribution in [-0.4, -0.2) is 26.7 Å². The first-order valence-corrected chi connectivity index (χ1v) is 6.16. The van der Waals surface area contributed by atoms with E-state index in [1.807, 2.05) is 20.8 Å². The van der Waals surface area contributed by atoms with E-state index in [-0.39, 0.29) is 5.92 Å². The molecule has 0 radical (unpaired) electrons. The minimum atomic E-state index is -0.675. The zero-order valence-electron chi connectivity index (χ0n) is 8.52. The van der Waals surface area contributed by atoms with Gasteiger partial charge >= 0.3 is 0 Å². The van der Waals surface area contributed by atoms with E-state index in [2.05, 4.69) is 10.2 Å². The molecular weight excluding hydrogens is 218 g/mol. The Morgan fingerprint density at radius 3 is 2.64 bits per heavy atom. The molecular formula is C8H15N3OS2. The van der Waals surface area contributed by atoms with Crippen LogP contribution in [0.25, 0.3) is 0 Å². The SMILES string of the molecule is CC(C)C(C)(O)CSc1nnc(N)s1. The fourth-order valence-electron chi connectivity index (χ4n) is 0.653. The molecule has 0 aliphatic carbocycles. The van der Waals surface area contributed by atoms with Crippen molar-refractivity contribution in [1.29, 1.82) is 0 Å². The van der Waals surface area contributed by atoms with E-state index in [1.165, 1.54) is 23.1 Å². The van der Waals surface area contributed by atoms with Crippen LogP contribution in [0.4, 0.5) is 5.13 Å². The number of hydrogen-bond donors (Lipinski definition) is 2. The van der Waals surface area contributed by atoms with Crippen molar-refractivity contribution in [3.05, 3.63) is 0 Å². The Morgan fingerprint density at radius 2 is 2.21 bits per heavy atom. The van der Waals surface area contributed by atoms with Gasteiger partial charge < -0.3 is 10.8 Å². The topological polar surface area (TPSA) is 72.0 Å². The quantitative estimate of drug-likeness (QED) is 0.773. The third-order valence-corrected chi connectivity index (χ3v) is 4.36. The van der Waals surface area contributed by atoms with E-state index in [1.54, 1.807) is 0 Å². The average Bonchev–Trinajstić information content (AvgIpc) is 2.48. The van der Waals surface area contributed by atoms with Gasteiger partial charge in [0, 0.05) is 5.75 Å². The lowest BCUT2D eigenvalue weighted by Gasteiger charge is -2.26. The number of nitrogen functional groups attached to an aromatic ring is 1. The molecule has 3 N–H and O–H groups in total. The normalized spacial score (nSPS) is 15.8. The predicted molar refractivity (Wildman–Crippen MR) is 60.5 cm³/mol. The third-order valence-electron chi connectivity index (χ3n) is 2.15. The van der Waals surface area contributed by atoms with Gasteiger partial charge in [0.1, 0.15) is 0 Å². The summed E-state index contributed by atoms with van der Waals surface area (Å²) in [5, 5.41) is 18.0. The number of aromatic nitrogens is 2. The Morgan fingerprint density at radius 1 is 1.57 bits per heavy atom. The van der Waals surface area contributed by atoms with Gasteiger partial charge in [-0.05, 0) is 12.8 Å². The van der Waals surface area contributed by atoms with Crippen LogP contribution < -0.4 is 5.73 Å². The summed E-state index contributed by atoms with van der Waals surface area (Å²) in [5.74, 6) is 0.833. The van der Waals surface area contributed by atoms with Gasteiger partial charge in [0.2, 0.25) is 5.13 Å². The van der Waals surface area contributed by atoms with E-state index in [9.17, 15) is 5.11 Å². The maximum atomic E-state index is 9.96. The molecule has 0 saturated carbocycles. The van der Waals surface area contributed by atoms with Crippen molar-refractivity contribution in [3.8, 4) is 0 Å². The first-order chi connectivity index (χ1) is 6.42. The highest BCUT2D eigenvalue weighted by Crippen LogP contribution is 2.29. The van der Waals surface area contributed by atoms with E-state index >= 15 is 0 Å². The van der Waals surface area contributed by atoms with Crippen molar-refractivity contribution in [2.75, 3.05) is 11.5 Å². The molecule has 1 heterocycles. The van der Waals surface area contributed by atoms with Crippen LogP contribution in [0, 0.1) is 5.92 Å². The van der Waals surface area contributed by atoms with Crippen LogP contribution in [0.5, 0.6) is 0 Å². The number of aliphatic hydroxyl groups is 1. The zero-order valence-corrected chi connectivity index (χ0v) is 10.2. The van der Waals surface area contributed by atoms with E-state index < -0.39 is 5.60 Å². The molecule has 0 aliphatic heterocycles. The van der Waals surface area contributed by atoms with E-state index in [4.69, 9.17) is 5.73 Å². The van der Waals surface area contributed by atoms with Crippen LogP contribution in [0.3, 0.4) is 0 Å². The van der Waals surface area contributed by atoms with Crippen LogP contribution in [-0.2, 0) is 0 Å². The molecule has 0 aromatic carbocycles. The average molecular weight is 233 g/mol. The summed E-state index contributed by atoms with van der Waals surface area (Å²) >= 11 is 2.84. The Hall–Kier alpha value is -0.330. The number of rotatable bonds is 4. The lowest BCUT2D eigenvalue weighted by atomic mass is 9.95. The summed E-state index contributed by atoms with van der Waals surface area (Å²) in [5.41, 5.74) is 4.77. The van der Waals surface area contributed by atoms with Gasteiger partial charge in [-0.15, -0.1) is 10.2 Å². The molecule has 1 aromatic rings. The van der Waals surface area contributed by atoms with Gasteiger partial charge in [-0.3, -0.25) is 0 Å². The lowest BCUT2D eigenvalue weighted by Crippen LogP contribution is -2.33. The zero-order chi connectivity index (χ0) is 10.8. The van der Waals surface area contributed by atoms with Crippen LogP contribution in [0.1, 0.15) is 20.8 Å². The minimum absolute atomic E-state index is 0.222. The second-order valence-corrected chi connectivity index (χ2v) is 5.94. The number of hydrogen-bond acceptors (Lipinski definition) is 6. The van der Waals surface area contributed by atoms with Crippen molar-refractivity contribution in [2.24, 2.45) is 5.92 Å². The monoisotopic (exact) mass is 233 g/mol. The Labute approximate surface area is 91.9 Å². The van der Waals surface area contributed by atoms with Crippen molar-refractivity contribution in [1.82, 2.24) is 10.2 Å². The highest BCUT2D eigenvalue weighted by Gasteiger charge is 2.25. The van der Waals surface area contributed by atoms with Gasteiger partial charge in [0.15, 0.2) is 4.34 Å². The van der Waals surface area contributed by atoms with E-state index in [0.717, 1.165) is 4.34 Å². The Balaban J connectivity index is 2.48. The summed E-state index contributed by atoms with van der Waals surface area (Å²) < 4.78 is 0.809. The molecule has 80 valence electrons. The smallest absolute Gasteiger partial charge is 0.203 e. The Kier molecular flexibility index (Phi) is 3.74. The molecule has 14 heavy (non-hydrogen) atoms. The van der Waals surface area contributed by atoms with Crippen LogP contribution in [0.2, 0.25) is 0 Å². The predicted octanol–water partition coefficient (Wildman–Crippen LogP) is 1.62. The summed E-state index contributed by atoms with van der Waals surface area (Å²) in [6.07, 6.45) is 0. The maximum absolute atomic E-state index is 9.96. The second kappa shape index (κ2) is 4.46. The van der Waals surface area contributed by atoms with Gasteiger partial charge in [-0.1, -0.05) is 36.9 Å². The lowest BCUT2D eigenvalue weighted by molar-refractivity contribution is 0.0376. The first kappa shape index (κ1) is 11.7. The number of nitrogens with two attached hydrogens (primary N) is 1. The van der Waals surface area contributed by atoms with Crippen molar-refractivity contribution < 1.29 is 5.11 Å². The van der Waals surface area contributed by atoms with Crippen molar-refractivity contribution in [2.45, 2.75) is 30.7 Å². The minimum Gasteiger partial charge on any atom is -0.389 e. The number of thioether (sulfide) groups is 1. The number of anilines is 1. The molecule has 1 atom stereocenters. The van der Waals surface area contributed by atoms with Crippen molar-refractivity contribution >= 4 is 28.2 Å². The van der Waals surface area contributed by atoms with Gasteiger partial charge in [0.25, 0.3) is 0 Å².